The number of likely N-dealkylation sites (tertiary alicyclic amines) is 1. The number of anilines is 1. The molecule has 6 atom stereocenters. The second kappa shape index (κ2) is 7.06. The first-order valence-corrected chi connectivity index (χ1v) is 10.3. The third-order valence-corrected chi connectivity index (χ3v) is 7.09. The van der Waals surface area contributed by atoms with Gasteiger partial charge in [-0.25, -0.2) is 9.78 Å². The molecule has 3 fully saturated rings. The monoisotopic (exact) mass is 472 g/mol. The van der Waals surface area contributed by atoms with Crippen LogP contribution in [-0.2, 0) is 25.4 Å². The first-order valence-electron chi connectivity index (χ1n) is 9.88. The molecular formula is C19H16ClF3N4O5. The van der Waals surface area contributed by atoms with Crippen LogP contribution in [0.5, 0.6) is 0 Å². The Morgan fingerprint density at radius 3 is 2.56 bits per heavy atom. The average molecular weight is 473 g/mol. The van der Waals surface area contributed by atoms with Gasteiger partial charge in [-0.2, -0.15) is 13.2 Å². The number of carboxylic acids is 1. The Labute approximate surface area is 183 Å². The number of hydrogen-bond acceptors (Lipinski definition) is 7. The lowest BCUT2D eigenvalue weighted by Crippen LogP contribution is -2.42. The molecule has 1 aromatic heterocycles. The summed E-state index contributed by atoms with van der Waals surface area (Å²) in [5, 5.41) is 15.5. The van der Waals surface area contributed by atoms with Crippen molar-refractivity contribution in [1.82, 2.24) is 9.88 Å². The lowest BCUT2D eigenvalue weighted by atomic mass is 9.72. The fourth-order valence-electron chi connectivity index (χ4n) is 5.59. The highest BCUT2D eigenvalue weighted by atomic mass is 35.5. The van der Waals surface area contributed by atoms with Crippen LogP contribution in [0.1, 0.15) is 12.0 Å². The van der Waals surface area contributed by atoms with Crippen molar-refractivity contribution in [3.05, 3.63) is 22.8 Å². The van der Waals surface area contributed by atoms with Crippen LogP contribution in [-0.4, -0.2) is 57.7 Å². The zero-order valence-electron chi connectivity index (χ0n) is 16.2. The highest BCUT2D eigenvalue weighted by Gasteiger charge is 2.70. The maximum atomic E-state index is 13.0. The van der Waals surface area contributed by atoms with E-state index in [1.165, 1.54) is 0 Å². The molecule has 2 aliphatic carbocycles. The molecule has 9 nitrogen and oxygen atoms in total. The van der Waals surface area contributed by atoms with Gasteiger partial charge in [0, 0.05) is 25.2 Å². The number of fused-ring (bicyclic) bond motifs is 8. The van der Waals surface area contributed by atoms with E-state index >= 15 is 0 Å². The molecule has 0 spiro atoms. The highest BCUT2D eigenvalue weighted by Crippen LogP contribution is 2.61. The van der Waals surface area contributed by atoms with Crippen molar-refractivity contribution < 1.29 is 37.5 Å². The molecule has 0 aromatic carbocycles. The number of pyridine rings is 1. The minimum Gasteiger partial charge on any atom is -0.477 e. The lowest BCUT2D eigenvalue weighted by Gasteiger charge is -2.29. The van der Waals surface area contributed by atoms with Crippen LogP contribution in [0.25, 0.3) is 0 Å². The predicted octanol–water partition coefficient (Wildman–Crippen LogP) is 1.87. The predicted molar refractivity (Wildman–Crippen MR) is 101 cm³/mol. The van der Waals surface area contributed by atoms with Crippen molar-refractivity contribution in [2.45, 2.75) is 18.7 Å². The maximum absolute atomic E-state index is 13.0. The van der Waals surface area contributed by atoms with Crippen LogP contribution in [0.4, 0.5) is 19.0 Å². The van der Waals surface area contributed by atoms with Crippen LogP contribution in [0, 0.1) is 29.6 Å². The summed E-state index contributed by atoms with van der Waals surface area (Å²) in [5.74, 6) is -4.24. The maximum Gasteiger partial charge on any atom is 0.417 e. The molecule has 13 heteroatoms. The summed E-state index contributed by atoms with van der Waals surface area (Å²) in [6.07, 6.45) is -3.92. The average Bonchev–Trinajstić information content (AvgIpc) is 3.44. The van der Waals surface area contributed by atoms with Gasteiger partial charge in [-0.15, -0.1) is 0 Å². The van der Waals surface area contributed by atoms with E-state index in [0.717, 1.165) is 11.0 Å². The van der Waals surface area contributed by atoms with Gasteiger partial charge in [0.05, 0.1) is 28.3 Å². The molecule has 2 aliphatic heterocycles. The van der Waals surface area contributed by atoms with E-state index in [1.807, 2.05) is 0 Å². The van der Waals surface area contributed by atoms with Gasteiger partial charge >= 0.3 is 12.1 Å². The number of carbonyl (C=O) groups excluding carboxylic acids is 2. The summed E-state index contributed by atoms with van der Waals surface area (Å²) >= 11 is 5.86. The van der Waals surface area contributed by atoms with Crippen molar-refractivity contribution in [3.63, 3.8) is 0 Å². The Morgan fingerprint density at radius 1 is 1.25 bits per heavy atom. The number of aromatic nitrogens is 1. The smallest absolute Gasteiger partial charge is 0.417 e. The van der Waals surface area contributed by atoms with Crippen LogP contribution in [0.2, 0.25) is 5.02 Å². The van der Waals surface area contributed by atoms with Gasteiger partial charge in [-0.1, -0.05) is 16.8 Å². The van der Waals surface area contributed by atoms with E-state index < -0.39 is 41.6 Å². The Balaban J connectivity index is 1.26. The summed E-state index contributed by atoms with van der Waals surface area (Å²) in [6.45, 7) is 0.00867. The number of carbonyl (C=O) groups is 3. The van der Waals surface area contributed by atoms with Crippen molar-refractivity contribution >= 4 is 40.9 Å². The molecule has 0 unspecified atom stereocenters. The summed E-state index contributed by atoms with van der Waals surface area (Å²) in [7, 11) is 0. The SMILES string of the molecule is O=C(O)C1=NO[C@@H]2[C@H]3C[C@@H]([C@@H]12)[C@@H]1C(=O)N(CCNc2ncc(C(F)(F)F)cc2Cl)C(=O)[C@@H]31. The Morgan fingerprint density at radius 2 is 1.94 bits per heavy atom. The number of halogens is 4. The molecule has 0 radical (unpaired) electrons. The van der Waals surface area contributed by atoms with Crippen LogP contribution in [0.3, 0.4) is 0 Å². The zero-order valence-corrected chi connectivity index (χ0v) is 16.9. The summed E-state index contributed by atoms with van der Waals surface area (Å²) in [5.41, 5.74) is -1.09. The number of oxime groups is 1. The molecule has 1 aromatic rings. The van der Waals surface area contributed by atoms with E-state index in [2.05, 4.69) is 15.5 Å². The molecule has 2 bridgehead atoms. The molecule has 32 heavy (non-hydrogen) atoms. The minimum atomic E-state index is -4.58. The normalized spacial score (nSPS) is 32.6. The van der Waals surface area contributed by atoms with E-state index in [-0.39, 0.29) is 53.3 Å². The first-order chi connectivity index (χ1) is 15.1. The molecule has 2 amide bonds. The Hall–Kier alpha value is -2.89. The Kier molecular flexibility index (Phi) is 4.63. The third kappa shape index (κ3) is 2.95. The number of hydrogen-bond donors (Lipinski definition) is 2. The number of rotatable bonds is 5. The number of amides is 2. The fraction of sp³-hybridized carbons (Fsp3) is 0.526. The van der Waals surface area contributed by atoms with E-state index in [9.17, 15) is 32.7 Å². The van der Waals surface area contributed by atoms with Gasteiger partial charge in [0.2, 0.25) is 11.8 Å². The van der Waals surface area contributed by atoms with Gasteiger partial charge in [0.25, 0.3) is 0 Å². The quantitative estimate of drug-likeness (QED) is 0.627. The lowest BCUT2D eigenvalue weighted by molar-refractivity contribution is -0.141. The number of carboxylic acid groups (broad SMARTS) is 1. The van der Waals surface area contributed by atoms with Crippen LogP contribution >= 0.6 is 11.6 Å². The van der Waals surface area contributed by atoms with Crippen LogP contribution < -0.4 is 5.32 Å². The minimum absolute atomic E-state index is 0.00395. The summed E-state index contributed by atoms with van der Waals surface area (Å²) in [6, 6.07) is 0.742. The topological polar surface area (TPSA) is 121 Å². The number of nitrogens with one attached hydrogen (secondary N) is 1. The van der Waals surface area contributed by atoms with E-state index in [1.54, 1.807) is 0 Å². The molecule has 4 aliphatic rings. The van der Waals surface area contributed by atoms with Crippen molar-refractivity contribution in [3.8, 4) is 0 Å². The van der Waals surface area contributed by atoms with Crippen LogP contribution in [0.15, 0.2) is 17.4 Å². The number of aliphatic carboxylic acids is 1. The molecule has 5 rings (SSSR count). The third-order valence-electron chi connectivity index (χ3n) is 6.80. The summed E-state index contributed by atoms with van der Waals surface area (Å²) < 4.78 is 38.2. The van der Waals surface area contributed by atoms with Gasteiger partial charge in [0.15, 0.2) is 5.71 Å². The highest BCUT2D eigenvalue weighted by molar-refractivity contribution is 6.37. The van der Waals surface area contributed by atoms with Crippen molar-refractivity contribution in [2.24, 2.45) is 34.7 Å². The van der Waals surface area contributed by atoms with Crippen molar-refractivity contribution in [1.29, 1.82) is 0 Å². The second-order valence-electron chi connectivity index (χ2n) is 8.30. The van der Waals surface area contributed by atoms with Crippen molar-refractivity contribution in [2.75, 3.05) is 18.4 Å². The molecule has 2 N–H and O–H groups in total. The van der Waals surface area contributed by atoms with Gasteiger partial charge in [-0.05, 0) is 18.4 Å². The molecule has 170 valence electrons. The van der Waals surface area contributed by atoms with E-state index in [4.69, 9.17) is 16.4 Å². The van der Waals surface area contributed by atoms with Gasteiger partial charge in [0.1, 0.15) is 11.9 Å². The molecule has 1 saturated heterocycles. The largest absolute Gasteiger partial charge is 0.477 e. The zero-order chi connectivity index (χ0) is 22.9. The standard InChI is InChI=1S/C19H16ClF3N4O5/c20-9-3-6(19(21,22)23)5-25-15(9)24-1-2-27-16(28)10-7-4-8(11(10)17(27)29)14-12(7)13(18(30)31)26-32-14/h3,5,7-8,10-12,14H,1-2,4H2,(H,24,25)(H,30,31)/t7-,8+,10+,11+,12+,14-/m1/s1. The summed E-state index contributed by atoms with van der Waals surface area (Å²) in [4.78, 5) is 47.5. The second-order valence-corrected chi connectivity index (χ2v) is 8.71. The molecule has 2 saturated carbocycles. The number of alkyl halides is 3. The van der Waals surface area contributed by atoms with E-state index in [0.29, 0.717) is 12.6 Å². The first kappa shape index (κ1) is 21.0. The van der Waals surface area contributed by atoms with Gasteiger partial charge < -0.3 is 15.3 Å². The molecular weight excluding hydrogens is 457 g/mol. The number of imide groups is 1. The Bertz CT molecular complexity index is 1060. The fourth-order valence-corrected chi connectivity index (χ4v) is 5.83. The number of nitrogens with zero attached hydrogens (tertiary/aromatic N) is 3. The van der Waals surface area contributed by atoms with Gasteiger partial charge in [-0.3, -0.25) is 14.5 Å². The molecule has 3 heterocycles.